The lowest BCUT2D eigenvalue weighted by Crippen LogP contribution is -2.42. The fourth-order valence-electron chi connectivity index (χ4n) is 1.21. The molecule has 0 fully saturated rings. The van der Waals surface area contributed by atoms with Crippen LogP contribution in [0.1, 0.15) is 13.8 Å². The molecule has 1 unspecified atom stereocenters. The van der Waals surface area contributed by atoms with Crippen LogP contribution in [0.15, 0.2) is 29.4 Å². The highest BCUT2D eigenvalue weighted by atomic mass is 32.2. The Bertz CT molecular complexity index is 330. The monoisotopic (exact) mass is 240 g/mol. The van der Waals surface area contributed by atoms with Crippen LogP contribution in [0.2, 0.25) is 0 Å². The van der Waals surface area contributed by atoms with Crippen LogP contribution in [0, 0.1) is 0 Å². The lowest BCUT2D eigenvalue weighted by atomic mass is 10.3. The molecule has 0 aliphatic rings. The van der Waals surface area contributed by atoms with E-state index in [1.807, 2.05) is 26.0 Å². The predicted octanol–water partition coefficient (Wildman–Crippen LogP) is 1.62. The van der Waals surface area contributed by atoms with Crippen molar-refractivity contribution in [2.45, 2.75) is 30.8 Å². The number of carbonyl (C=O) groups is 1. The second-order valence-corrected chi connectivity index (χ2v) is 4.80. The maximum Gasteiger partial charge on any atom is 0.321 e. The van der Waals surface area contributed by atoms with Crippen LogP contribution in [0.4, 0.5) is 0 Å². The third-order valence-electron chi connectivity index (χ3n) is 1.90. The summed E-state index contributed by atoms with van der Waals surface area (Å²) in [4.78, 5) is 15.9. The van der Waals surface area contributed by atoms with Gasteiger partial charge in [-0.2, -0.15) is 0 Å². The van der Waals surface area contributed by atoms with E-state index in [-0.39, 0.29) is 6.04 Å². The number of aliphatic carboxylic acids is 1. The van der Waals surface area contributed by atoms with Crippen molar-refractivity contribution in [3.8, 4) is 0 Å². The molecule has 5 heteroatoms. The maximum atomic E-state index is 11.0. The first kappa shape index (κ1) is 13.0. The number of aromatic nitrogens is 1. The zero-order valence-electron chi connectivity index (χ0n) is 9.38. The lowest BCUT2D eigenvalue weighted by Gasteiger charge is -2.16. The van der Waals surface area contributed by atoms with Gasteiger partial charge in [0.2, 0.25) is 0 Å². The first-order valence-electron chi connectivity index (χ1n) is 5.11. The molecule has 1 atom stereocenters. The average Bonchev–Trinajstić information content (AvgIpc) is 2.25. The van der Waals surface area contributed by atoms with Gasteiger partial charge < -0.3 is 10.4 Å². The van der Waals surface area contributed by atoms with Gasteiger partial charge in [-0.25, -0.2) is 0 Å². The molecule has 0 spiro atoms. The molecule has 16 heavy (non-hydrogen) atoms. The van der Waals surface area contributed by atoms with Crippen LogP contribution in [0.5, 0.6) is 0 Å². The molecular weight excluding hydrogens is 224 g/mol. The third kappa shape index (κ3) is 4.63. The third-order valence-corrected chi connectivity index (χ3v) is 3.00. The van der Waals surface area contributed by atoms with Crippen molar-refractivity contribution in [1.82, 2.24) is 10.3 Å². The number of nitrogens with one attached hydrogen (secondary N) is 1. The maximum absolute atomic E-state index is 11.0. The number of pyridine rings is 1. The van der Waals surface area contributed by atoms with Crippen LogP contribution in [-0.4, -0.2) is 33.9 Å². The lowest BCUT2D eigenvalue weighted by molar-refractivity contribution is -0.139. The SMILES string of the molecule is CC(C)NC(CSc1ccncc1)C(=O)O. The van der Waals surface area contributed by atoms with Crippen molar-refractivity contribution in [3.63, 3.8) is 0 Å². The van der Waals surface area contributed by atoms with Gasteiger partial charge in [-0.15, -0.1) is 11.8 Å². The molecule has 0 aromatic carbocycles. The fourth-order valence-corrected chi connectivity index (χ4v) is 2.12. The van der Waals surface area contributed by atoms with Crippen LogP contribution in [0.3, 0.4) is 0 Å². The Hall–Kier alpha value is -1.07. The van der Waals surface area contributed by atoms with E-state index in [2.05, 4.69) is 10.3 Å². The molecule has 1 rings (SSSR count). The largest absolute Gasteiger partial charge is 0.480 e. The Morgan fingerprint density at radius 2 is 2.12 bits per heavy atom. The van der Waals surface area contributed by atoms with Crippen LogP contribution >= 0.6 is 11.8 Å². The minimum absolute atomic E-state index is 0.166. The molecule has 0 aliphatic carbocycles. The number of carboxylic acids is 1. The molecule has 1 aromatic rings. The number of hydrogen-bond acceptors (Lipinski definition) is 4. The molecular formula is C11H16N2O2S. The molecule has 0 aliphatic heterocycles. The van der Waals surface area contributed by atoms with E-state index in [1.54, 1.807) is 12.4 Å². The van der Waals surface area contributed by atoms with Gasteiger partial charge in [0.25, 0.3) is 0 Å². The van der Waals surface area contributed by atoms with E-state index in [0.29, 0.717) is 5.75 Å². The quantitative estimate of drug-likeness (QED) is 0.740. The number of hydrogen-bond donors (Lipinski definition) is 2. The first-order valence-corrected chi connectivity index (χ1v) is 6.10. The highest BCUT2D eigenvalue weighted by molar-refractivity contribution is 7.99. The number of carboxylic acid groups (broad SMARTS) is 1. The topological polar surface area (TPSA) is 62.2 Å². The Kier molecular flexibility index (Phi) is 5.28. The van der Waals surface area contributed by atoms with Crippen molar-refractivity contribution in [3.05, 3.63) is 24.5 Å². The van der Waals surface area contributed by atoms with Gasteiger partial charge in [0.05, 0.1) is 0 Å². The minimum Gasteiger partial charge on any atom is -0.480 e. The average molecular weight is 240 g/mol. The van der Waals surface area contributed by atoms with E-state index in [0.717, 1.165) is 4.90 Å². The smallest absolute Gasteiger partial charge is 0.321 e. The van der Waals surface area contributed by atoms with Crippen molar-refractivity contribution in [2.24, 2.45) is 0 Å². The van der Waals surface area contributed by atoms with E-state index in [9.17, 15) is 4.79 Å². The van der Waals surface area contributed by atoms with Crippen molar-refractivity contribution in [1.29, 1.82) is 0 Å². The standard InChI is InChI=1S/C11H16N2O2S/c1-8(2)13-10(11(14)15)7-16-9-3-5-12-6-4-9/h3-6,8,10,13H,7H2,1-2H3,(H,14,15). The molecule has 1 aromatic heterocycles. The summed E-state index contributed by atoms with van der Waals surface area (Å²) in [7, 11) is 0. The summed E-state index contributed by atoms with van der Waals surface area (Å²) < 4.78 is 0. The highest BCUT2D eigenvalue weighted by Crippen LogP contribution is 2.17. The Balaban J connectivity index is 2.47. The summed E-state index contributed by atoms with van der Waals surface area (Å²) in [5.41, 5.74) is 0. The predicted molar refractivity (Wildman–Crippen MR) is 64.7 cm³/mol. The molecule has 0 saturated heterocycles. The number of nitrogens with zero attached hydrogens (tertiary/aromatic N) is 1. The van der Waals surface area contributed by atoms with Gasteiger partial charge in [-0.3, -0.25) is 9.78 Å². The Labute approximate surface area is 99.5 Å². The number of thioether (sulfide) groups is 1. The zero-order chi connectivity index (χ0) is 12.0. The summed E-state index contributed by atoms with van der Waals surface area (Å²) in [6.45, 7) is 3.88. The molecule has 4 nitrogen and oxygen atoms in total. The summed E-state index contributed by atoms with van der Waals surface area (Å²) in [6.07, 6.45) is 3.40. The van der Waals surface area contributed by atoms with Gasteiger partial charge >= 0.3 is 5.97 Å². The molecule has 2 N–H and O–H groups in total. The Morgan fingerprint density at radius 3 is 2.62 bits per heavy atom. The molecule has 0 saturated carbocycles. The van der Waals surface area contributed by atoms with E-state index in [1.165, 1.54) is 11.8 Å². The van der Waals surface area contributed by atoms with Crippen LogP contribution in [0.25, 0.3) is 0 Å². The second-order valence-electron chi connectivity index (χ2n) is 3.71. The number of rotatable bonds is 6. The van der Waals surface area contributed by atoms with Crippen molar-refractivity contribution < 1.29 is 9.90 Å². The van der Waals surface area contributed by atoms with Crippen LogP contribution in [-0.2, 0) is 4.79 Å². The van der Waals surface area contributed by atoms with Gasteiger partial charge in [0, 0.05) is 29.1 Å². The zero-order valence-corrected chi connectivity index (χ0v) is 10.2. The molecule has 1 heterocycles. The van der Waals surface area contributed by atoms with Gasteiger partial charge in [0.15, 0.2) is 0 Å². The molecule has 0 bridgehead atoms. The van der Waals surface area contributed by atoms with Gasteiger partial charge in [-0.05, 0) is 12.1 Å². The molecule has 0 amide bonds. The van der Waals surface area contributed by atoms with E-state index in [4.69, 9.17) is 5.11 Å². The first-order chi connectivity index (χ1) is 7.59. The highest BCUT2D eigenvalue weighted by Gasteiger charge is 2.17. The van der Waals surface area contributed by atoms with Crippen molar-refractivity contribution >= 4 is 17.7 Å². The second kappa shape index (κ2) is 6.50. The van der Waals surface area contributed by atoms with Gasteiger partial charge in [0.1, 0.15) is 6.04 Å². The Morgan fingerprint density at radius 1 is 1.50 bits per heavy atom. The molecule has 0 radical (unpaired) electrons. The normalized spacial score (nSPS) is 12.7. The van der Waals surface area contributed by atoms with E-state index >= 15 is 0 Å². The van der Waals surface area contributed by atoms with Crippen molar-refractivity contribution in [2.75, 3.05) is 5.75 Å². The van der Waals surface area contributed by atoms with Crippen LogP contribution < -0.4 is 5.32 Å². The van der Waals surface area contributed by atoms with Gasteiger partial charge in [-0.1, -0.05) is 13.8 Å². The van der Waals surface area contributed by atoms with E-state index < -0.39 is 12.0 Å². The molecule has 88 valence electrons. The minimum atomic E-state index is -0.810. The fraction of sp³-hybridized carbons (Fsp3) is 0.455. The summed E-state index contributed by atoms with van der Waals surface area (Å²) in [5, 5.41) is 12.0. The summed E-state index contributed by atoms with van der Waals surface area (Å²) in [6, 6.07) is 3.40. The summed E-state index contributed by atoms with van der Waals surface area (Å²) >= 11 is 1.52. The summed E-state index contributed by atoms with van der Waals surface area (Å²) in [5.74, 6) is -0.299.